The van der Waals surface area contributed by atoms with Gasteiger partial charge in [-0.2, -0.15) is 5.26 Å². The summed E-state index contributed by atoms with van der Waals surface area (Å²) in [5, 5.41) is 8.80. The summed E-state index contributed by atoms with van der Waals surface area (Å²) in [5.74, 6) is 0.719. The van der Waals surface area contributed by atoms with Crippen molar-refractivity contribution in [2.24, 2.45) is 0 Å². The van der Waals surface area contributed by atoms with Crippen LogP contribution >= 0.6 is 0 Å². The van der Waals surface area contributed by atoms with Crippen LogP contribution in [0.4, 0.5) is 0 Å². The highest BCUT2D eigenvalue weighted by molar-refractivity contribution is 5.45. The molecule has 0 aliphatic carbocycles. The Kier molecular flexibility index (Phi) is 3.93. The largest absolute Gasteiger partial charge is 0.494 e. The number of benzene rings is 1. The lowest BCUT2D eigenvalue weighted by Gasteiger charge is -2.13. The molecule has 1 radical (unpaired) electrons. The van der Waals surface area contributed by atoms with Gasteiger partial charge < -0.3 is 4.74 Å². The Morgan fingerprint density at radius 1 is 1.60 bits per heavy atom. The molecule has 0 heterocycles. The normalized spacial score (nSPS) is 11.5. The molecular formula is C13H14NO. The molecule has 0 spiro atoms. The fraction of sp³-hybridized carbons (Fsp3) is 0.231. The minimum absolute atomic E-state index is 0.0557. The number of nitrogens with zero attached hydrogens (tertiary/aromatic N) is 1. The minimum atomic E-state index is -0.0557. The topological polar surface area (TPSA) is 33.0 Å². The highest BCUT2D eigenvalue weighted by Crippen LogP contribution is 2.28. The van der Waals surface area contributed by atoms with Crippen molar-refractivity contribution in [3.05, 3.63) is 48.9 Å². The van der Waals surface area contributed by atoms with Crippen LogP contribution in [0.25, 0.3) is 0 Å². The second-order valence-corrected chi connectivity index (χ2v) is 3.14. The summed E-state index contributed by atoms with van der Waals surface area (Å²) in [7, 11) is 0. The molecule has 0 aromatic heterocycles. The molecule has 0 bridgehead atoms. The Bertz CT molecular complexity index is 390. The van der Waals surface area contributed by atoms with E-state index in [9.17, 15) is 0 Å². The predicted molar refractivity (Wildman–Crippen MR) is 60.6 cm³/mol. The zero-order chi connectivity index (χ0) is 11.3. The maximum absolute atomic E-state index is 8.80. The van der Waals surface area contributed by atoms with E-state index in [-0.39, 0.29) is 5.92 Å². The first-order valence-corrected chi connectivity index (χ1v) is 4.85. The Morgan fingerprint density at radius 2 is 2.33 bits per heavy atom. The van der Waals surface area contributed by atoms with Gasteiger partial charge in [0.05, 0.1) is 18.2 Å². The molecule has 1 unspecified atom stereocenters. The summed E-state index contributed by atoms with van der Waals surface area (Å²) in [6.45, 7) is 10.2. The molecule has 0 amide bonds. The van der Waals surface area contributed by atoms with Crippen molar-refractivity contribution in [2.45, 2.75) is 12.8 Å². The van der Waals surface area contributed by atoms with E-state index in [0.29, 0.717) is 12.2 Å². The molecule has 1 aromatic carbocycles. The van der Waals surface area contributed by atoms with Crippen LogP contribution in [-0.2, 0) is 0 Å². The smallest absolute Gasteiger partial charge is 0.123 e. The molecule has 0 saturated heterocycles. The Balaban J connectivity index is 3.16. The van der Waals surface area contributed by atoms with E-state index in [0.717, 1.165) is 11.3 Å². The number of allylic oxidation sites excluding steroid dienone is 1. The molecule has 1 atom stereocenters. The second kappa shape index (κ2) is 5.21. The zero-order valence-corrected chi connectivity index (χ0v) is 8.86. The van der Waals surface area contributed by atoms with Crippen molar-refractivity contribution < 1.29 is 4.74 Å². The molecule has 2 nitrogen and oxygen atoms in total. The molecule has 2 heteroatoms. The highest BCUT2D eigenvalue weighted by atomic mass is 16.5. The molecular weight excluding hydrogens is 186 g/mol. The van der Waals surface area contributed by atoms with Crippen LogP contribution in [0.3, 0.4) is 0 Å². The lowest BCUT2D eigenvalue weighted by Crippen LogP contribution is -1.99. The molecule has 77 valence electrons. The molecule has 0 aliphatic heterocycles. The Labute approximate surface area is 90.8 Å². The molecule has 1 aromatic rings. The minimum Gasteiger partial charge on any atom is -0.494 e. The van der Waals surface area contributed by atoms with Crippen molar-refractivity contribution in [3.63, 3.8) is 0 Å². The van der Waals surface area contributed by atoms with E-state index in [4.69, 9.17) is 10.00 Å². The van der Waals surface area contributed by atoms with Crippen LogP contribution in [0.5, 0.6) is 5.75 Å². The van der Waals surface area contributed by atoms with E-state index in [1.165, 1.54) is 0 Å². The summed E-state index contributed by atoms with van der Waals surface area (Å²) in [6.07, 6.45) is 1.74. The molecule has 0 N–H and O–H groups in total. The SMILES string of the molecule is [CH2]C(C=C)c1cc(C#N)ccc1OCC. The van der Waals surface area contributed by atoms with Gasteiger partial charge in [0.15, 0.2) is 0 Å². The standard InChI is InChI=1S/C13H14NO/c1-4-10(3)12-8-11(9-14)6-7-13(12)15-5-2/h4,6-8,10H,1,3,5H2,2H3. The van der Waals surface area contributed by atoms with Gasteiger partial charge in [0.25, 0.3) is 0 Å². The van der Waals surface area contributed by atoms with Crippen LogP contribution in [0.1, 0.15) is 24.0 Å². The molecule has 0 saturated carbocycles. The maximum atomic E-state index is 8.80. The summed E-state index contributed by atoms with van der Waals surface area (Å²) in [6, 6.07) is 7.44. The number of hydrogen-bond donors (Lipinski definition) is 0. The monoisotopic (exact) mass is 200 g/mol. The molecule has 0 fully saturated rings. The first-order valence-electron chi connectivity index (χ1n) is 4.85. The molecule has 15 heavy (non-hydrogen) atoms. The van der Waals surface area contributed by atoms with Gasteiger partial charge in [-0.05, 0) is 32.0 Å². The van der Waals surface area contributed by atoms with E-state index in [1.807, 2.05) is 6.92 Å². The lowest BCUT2D eigenvalue weighted by atomic mass is 9.98. The van der Waals surface area contributed by atoms with Gasteiger partial charge >= 0.3 is 0 Å². The van der Waals surface area contributed by atoms with E-state index in [1.54, 1.807) is 24.3 Å². The van der Waals surface area contributed by atoms with Crippen LogP contribution in [0, 0.1) is 18.3 Å². The van der Waals surface area contributed by atoms with Gasteiger partial charge in [-0.25, -0.2) is 0 Å². The van der Waals surface area contributed by atoms with Crippen molar-refractivity contribution in [1.29, 1.82) is 5.26 Å². The Morgan fingerprint density at radius 3 is 2.87 bits per heavy atom. The maximum Gasteiger partial charge on any atom is 0.123 e. The van der Waals surface area contributed by atoms with Crippen molar-refractivity contribution in [2.75, 3.05) is 6.61 Å². The predicted octanol–water partition coefficient (Wildman–Crippen LogP) is 3.06. The average molecular weight is 200 g/mol. The van der Waals surface area contributed by atoms with Gasteiger partial charge in [0.1, 0.15) is 5.75 Å². The van der Waals surface area contributed by atoms with E-state index in [2.05, 4.69) is 19.6 Å². The van der Waals surface area contributed by atoms with Crippen LogP contribution in [0.15, 0.2) is 30.9 Å². The van der Waals surface area contributed by atoms with E-state index < -0.39 is 0 Å². The number of hydrogen-bond acceptors (Lipinski definition) is 2. The van der Waals surface area contributed by atoms with Crippen LogP contribution < -0.4 is 4.74 Å². The summed E-state index contributed by atoms with van der Waals surface area (Å²) >= 11 is 0. The summed E-state index contributed by atoms with van der Waals surface area (Å²) in [5.41, 5.74) is 1.52. The third kappa shape index (κ3) is 2.60. The van der Waals surface area contributed by atoms with Gasteiger partial charge in [0, 0.05) is 11.5 Å². The summed E-state index contributed by atoms with van der Waals surface area (Å²) in [4.78, 5) is 0. The van der Waals surface area contributed by atoms with E-state index >= 15 is 0 Å². The third-order valence-corrected chi connectivity index (χ3v) is 2.12. The fourth-order valence-corrected chi connectivity index (χ4v) is 1.32. The van der Waals surface area contributed by atoms with Gasteiger partial charge in [-0.1, -0.05) is 6.08 Å². The second-order valence-electron chi connectivity index (χ2n) is 3.14. The number of rotatable bonds is 4. The van der Waals surface area contributed by atoms with Gasteiger partial charge in [-0.3, -0.25) is 0 Å². The quantitative estimate of drug-likeness (QED) is 0.700. The highest BCUT2D eigenvalue weighted by Gasteiger charge is 2.09. The number of nitriles is 1. The van der Waals surface area contributed by atoms with Crippen molar-refractivity contribution in [1.82, 2.24) is 0 Å². The van der Waals surface area contributed by atoms with Gasteiger partial charge in [-0.15, -0.1) is 6.58 Å². The first-order chi connectivity index (χ1) is 7.22. The van der Waals surface area contributed by atoms with Crippen molar-refractivity contribution >= 4 is 0 Å². The third-order valence-electron chi connectivity index (χ3n) is 2.12. The van der Waals surface area contributed by atoms with Crippen LogP contribution in [0.2, 0.25) is 0 Å². The van der Waals surface area contributed by atoms with Crippen LogP contribution in [-0.4, -0.2) is 6.61 Å². The average Bonchev–Trinajstić information content (AvgIpc) is 2.29. The first kappa shape index (κ1) is 11.3. The lowest BCUT2D eigenvalue weighted by molar-refractivity contribution is 0.336. The fourth-order valence-electron chi connectivity index (χ4n) is 1.32. The Hall–Kier alpha value is -1.75. The summed E-state index contributed by atoms with van der Waals surface area (Å²) < 4.78 is 5.46. The zero-order valence-electron chi connectivity index (χ0n) is 8.86. The van der Waals surface area contributed by atoms with Gasteiger partial charge in [0.2, 0.25) is 0 Å². The molecule has 1 rings (SSSR count). The molecule has 0 aliphatic rings. The van der Waals surface area contributed by atoms with Crippen molar-refractivity contribution in [3.8, 4) is 11.8 Å². The number of ether oxygens (including phenoxy) is 1.